The minimum Gasteiger partial charge on any atom is -0.426 e. The van der Waals surface area contributed by atoms with Crippen LogP contribution in [0.2, 0.25) is 5.02 Å². The minimum absolute atomic E-state index is 0.0234. The number of rotatable bonds is 9. The zero-order valence-electron chi connectivity index (χ0n) is 18.7. The number of benzene rings is 1. The minimum atomic E-state index is -0.917. The molecule has 1 saturated carbocycles. The van der Waals surface area contributed by atoms with Crippen LogP contribution in [0, 0.1) is 5.92 Å². The third-order valence-corrected chi connectivity index (χ3v) is 6.26. The van der Waals surface area contributed by atoms with Crippen molar-refractivity contribution in [1.29, 1.82) is 0 Å². The Morgan fingerprint density at radius 3 is 2.53 bits per heavy atom. The fourth-order valence-corrected chi connectivity index (χ4v) is 4.22. The van der Waals surface area contributed by atoms with Gasteiger partial charge in [-0.3, -0.25) is 9.59 Å². The summed E-state index contributed by atoms with van der Waals surface area (Å²) < 4.78 is 9.98. The lowest BCUT2D eigenvalue weighted by Gasteiger charge is -2.36. The lowest BCUT2D eigenvalue weighted by Crippen LogP contribution is -2.48. The summed E-state index contributed by atoms with van der Waals surface area (Å²) in [5, 5.41) is 5.64. The van der Waals surface area contributed by atoms with Crippen LogP contribution in [-0.2, 0) is 29.3 Å². The number of ketones is 1. The lowest BCUT2D eigenvalue weighted by atomic mass is 9.68. The van der Waals surface area contributed by atoms with E-state index in [4.69, 9.17) is 21.1 Å². The number of alkyl carbamates (subject to hydrolysis) is 1. The van der Waals surface area contributed by atoms with Gasteiger partial charge in [0.1, 0.15) is 11.8 Å². The predicted molar refractivity (Wildman–Crippen MR) is 119 cm³/mol. The molecule has 0 aromatic heterocycles. The maximum absolute atomic E-state index is 12.9. The standard InChI is InChI=1S/C23H31ClN2O6/c1-4-15(2)20(26-16(3)27)21(29)31-14-32-22(30)25-13-23(12-8-7-11-19(23)28)17-9-5-6-10-18(17)24/h5-6,9-10,15,20H,4,7-8,11-14H2,1-3H3,(H,25,30)(H,26,27). The number of carbonyl (C=O) groups is 4. The Morgan fingerprint density at radius 2 is 1.91 bits per heavy atom. The second kappa shape index (κ2) is 11.9. The monoisotopic (exact) mass is 466 g/mol. The molecule has 0 heterocycles. The molecule has 0 spiro atoms. The summed E-state index contributed by atoms with van der Waals surface area (Å²) in [6.45, 7) is 4.44. The Balaban J connectivity index is 1.95. The van der Waals surface area contributed by atoms with Crippen LogP contribution >= 0.6 is 11.6 Å². The fraction of sp³-hybridized carbons (Fsp3) is 0.565. The van der Waals surface area contributed by atoms with Crippen LogP contribution in [0.5, 0.6) is 0 Å². The quantitative estimate of drug-likeness (QED) is 0.425. The molecule has 1 aliphatic carbocycles. The molecule has 2 rings (SSSR count). The van der Waals surface area contributed by atoms with Gasteiger partial charge in [0.25, 0.3) is 0 Å². The van der Waals surface area contributed by atoms with E-state index in [1.807, 2.05) is 19.9 Å². The van der Waals surface area contributed by atoms with E-state index in [2.05, 4.69) is 10.6 Å². The first-order chi connectivity index (χ1) is 15.2. The molecular weight excluding hydrogens is 436 g/mol. The molecule has 9 heteroatoms. The summed E-state index contributed by atoms with van der Waals surface area (Å²) in [4.78, 5) is 48.7. The number of amides is 2. The SMILES string of the molecule is CCC(C)C(NC(C)=O)C(=O)OCOC(=O)NCC1(c2ccccc2Cl)CCCCC1=O. The van der Waals surface area contributed by atoms with E-state index in [1.54, 1.807) is 18.2 Å². The number of Topliss-reactive ketones (excluding diaryl/α,β-unsaturated/α-hetero) is 1. The van der Waals surface area contributed by atoms with Gasteiger partial charge in [0.15, 0.2) is 0 Å². The molecule has 0 bridgehead atoms. The van der Waals surface area contributed by atoms with E-state index in [9.17, 15) is 19.2 Å². The Hall–Kier alpha value is -2.61. The van der Waals surface area contributed by atoms with E-state index in [-0.39, 0.29) is 24.2 Å². The summed E-state index contributed by atoms with van der Waals surface area (Å²) in [5.74, 6) is -1.16. The second-order valence-corrected chi connectivity index (χ2v) is 8.53. The number of hydrogen-bond donors (Lipinski definition) is 2. The smallest absolute Gasteiger partial charge is 0.410 e. The molecular formula is C23H31ClN2O6. The van der Waals surface area contributed by atoms with Crippen molar-refractivity contribution >= 4 is 35.4 Å². The zero-order chi connectivity index (χ0) is 23.7. The summed E-state index contributed by atoms with van der Waals surface area (Å²) >= 11 is 6.37. The molecule has 176 valence electrons. The highest BCUT2D eigenvalue weighted by molar-refractivity contribution is 6.31. The molecule has 8 nitrogen and oxygen atoms in total. The molecule has 0 aliphatic heterocycles. The Labute approximate surface area is 193 Å². The van der Waals surface area contributed by atoms with Crippen molar-refractivity contribution < 1.29 is 28.7 Å². The second-order valence-electron chi connectivity index (χ2n) is 8.12. The lowest BCUT2D eigenvalue weighted by molar-refractivity contribution is -0.157. The molecule has 1 aromatic carbocycles. The summed E-state index contributed by atoms with van der Waals surface area (Å²) in [6, 6.07) is 6.30. The van der Waals surface area contributed by atoms with Gasteiger partial charge in [-0.05, 0) is 30.4 Å². The number of esters is 1. The molecule has 0 radical (unpaired) electrons. The van der Waals surface area contributed by atoms with Crippen LogP contribution in [0.25, 0.3) is 0 Å². The first-order valence-corrected chi connectivity index (χ1v) is 11.2. The molecule has 32 heavy (non-hydrogen) atoms. The highest BCUT2D eigenvalue weighted by Gasteiger charge is 2.43. The van der Waals surface area contributed by atoms with E-state index >= 15 is 0 Å². The van der Waals surface area contributed by atoms with Crippen molar-refractivity contribution in [2.45, 2.75) is 64.3 Å². The van der Waals surface area contributed by atoms with Crippen molar-refractivity contribution in [3.8, 4) is 0 Å². The van der Waals surface area contributed by atoms with Crippen molar-refractivity contribution in [1.82, 2.24) is 10.6 Å². The summed E-state index contributed by atoms with van der Waals surface area (Å²) in [5.41, 5.74) is -0.232. The van der Waals surface area contributed by atoms with Crippen LogP contribution in [0.4, 0.5) is 4.79 Å². The van der Waals surface area contributed by atoms with Crippen molar-refractivity contribution in [3.05, 3.63) is 34.9 Å². The zero-order valence-corrected chi connectivity index (χ0v) is 19.5. The summed E-state index contributed by atoms with van der Waals surface area (Å²) in [6.07, 6.45) is 2.46. The van der Waals surface area contributed by atoms with Crippen molar-refractivity contribution in [2.75, 3.05) is 13.3 Å². The van der Waals surface area contributed by atoms with Gasteiger partial charge in [-0.25, -0.2) is 9.59 Å². The molecule has 2 N–H and O–H groups in total. The van der Waals surface area contributed by atoms with Crippen molar-refractivity contribution in [2.24, 2.45) is 5.92 Å². The third kappa shape index (κ3) is 6.45. The number of nitrogens with one attached hydrogen (secondary N) is 2. The normalized spacial score (nSPS) is 20.1. The van der Waals surface area contributed by atoms with Gasteiger partial charge < -0.3 is 20.1 Å². The number of ether oxygens (including phenoxy) is 2. The Bertz CT molecular complexity index is 846. The van der Waals surface area contributed by atoms with Crippen LogP contribution < -0.4 is 10.6 Å². The highest BCUT2D eigenvalue weighted by atomic mass is 35.5. The van der Waals surface area contributed by atoms with Gasteiger partial charge in [-0.1, -0.05) is 56.5 Å². The molecule has 1 fully saturated rings. The van der Waals surface area contributed by atoms with Crippen LogP contribution in [-0.4, -0.2) is 43.1 Å². The van der Waals surface area contributed by atoms with Crippen LogP contribution in [0.15, 0.2) is 24.3 Å². The fourth-order valence-electron chi connectivity index (χ4n) is 3.90. The van der Waals surface area contributed by atoms with Gasteiger partial charge in [0.2, 0.25) is 12.7 Å². The molecule has 2 amide bonds. The van der Waals surface area contributed by atoms with E-state index in [1.165, 1.54) is 6.92 Å². The molecule has 0 saturated heterocycles. The van der Waals surface area contributed by atoms with Gasteiger partial charge in [-0.15, -0.1) is 0 Å². The van der Waals surface area contributed by atoms with Gasteiger partial charge in [0, 0.05) is 24.9 Å². The Kier molecular flexibility index (Phi) is 9.50. The molecule has 3 unspecified atom stereocenters. The summed E-state index contributed by atoms with van der Waals surface area (Å²) in [7, 11) is 0. The average molecular weight is 467 g/mol. The number of carbonyl (C=O) groups excluding carboxylic acids is 4. The maximum Gasteiger partial charge on any atom is 0.410 e. The Morgan fingerprint density at radius 1 is 1.19 bits per heavy atom. The first kappa shape index (κ1) is 25.6. The molecule has 1 aromatic rings. The van der Waals surface area contributed by atoms with Gasteiger partial charge >= 0.3 is 12.1 Å². The third-order valence-electron chi connectivity index (χ3n) is 5.93. The van der Waals surface area contributed by atoms with E-state index in [0.29, 0.717) is 29.8 Å². The average Bonchev–Trinajstić information content (AvgIpc) is 2.77. The maximum atomic E-state index is 12.9. The number of halogens is 1. The van der Waals surface area contributed by atoms with Crippen LogP contribution in [0.1, 0.15) is 58.4 Å². The molecule has 1 aliphatic rings. The van der Waals surface area contributed by atoms with Gasteiger partial charge in [-0.2, -0.15) is 0 Å². The van der Waals surface area contributed by atoms with Crippen LogP contribution in [0.3, 0.4) is 0 Å². The first-order valence-electron chi connectivity index (χ1n) is 10.8. The van der Waals surface area contributed by atoms with Gasteiger partial charge in [0.05, 0.1) is 5.41 Å². The predicted octanol–water partition coefficient (Wildman–Crippen LogP) is 3.50. The van der Waals surface area contributed by atoms with Crippen molar-refractivity contribution in [3.63, 3.8) is 0 Å². The number of hydrogen-bond acceptors (Lipinski definition) is 6. The highest BCUT2D eigenvalue weighted by Crippen LogP contribution is 2.39. The topological polar surface area (TPSA) is 111 Å². The largest absolute Gasteiger partial charge is 0.426 e. The molecule has 3 atom stereocenters. The van der Waals surface area contributed by atoms with E-state index in [0.717, 1.165) is 12.8 Å². The van der Waals surface area contributed by atoms with E-state index < -0.39 is 30.3 Å².